The van der Waals surface area contributed by atoms with E-state index in [1.807, 2.05) is 37.4 Å². The van der Waals surface area contributed by atoms with Gasteiger partial charge in [-0.05, 0) is 57.6 Å². The second-order valence-corrected chi connectivity index (χ2v) is 8.27. The molecule has 2 saturated heterocycles. The van der Waals surface area contributed by atoms with E-state index in [9.17, 15) is 0 Å². The SMILES string of the molecule is Cc1cnc(-c2ccc(O[C@@H]3CCN(C)C3)cc2)nc1NCCCN1CCOCC1. The Labute approximate surface area is 179 Å². The molecular weight excluding hydrogens is 378 g/mol. The molecule has 1 aromatic heterocycles. The second-order valence-electron chi connectivity index (χ2n) is 8.27. The third kappa shape index (κ3) is 5.68. The number of nitrogens with one attached hydrogen (secondary N) is 1. The molecule has 3 heterocycles. The average molecular weight is 412 g/mol. The van der Waals surface area contributed by atoms with Gasteiger partial charge in [0.15, 0.2) is 5.82 Å². The maximum atomic E-state index is 6.09. The standard InChI is InChI=1S/C23H33N5O2/c1-18-16-25-23(26-22(18)24-9-3-10-28-12-14-29-15-13-28)19-4-6-20(7-5-19)30-21-8-11-27(2)17-21/h4-7,16,21H,3,8-15,17H2,1-2H3,(H,24,25,26)/t21-/m1/s1. The summed E-state index contributed by atoms with van der Waals surface area (Å²) in [7, 11) is 2.13. The first-order chi connectivity index (χ1) is 14.7. The Bertz CT molecular complexity index is 808. The number of aromatic nitrogens is 2. The first-order valence-corrected chi connectivity index (χ1v) is 11.0. The van der Waals surface area contributed by atoms with Crippen LogP contribution in [-0.2, 0) is 4.74 Å². The normalized spacial score (nSPS) is 20.4. The van der Waals surface area contributed by atoms with Crippen molar-refractivity contribution in [2.24, 2.45) is 0 Å². The number of likely N-dealkylation sites (N-methyl/N-ethyl adjacent to an activating group) is 1. The zero-order valence-corrected chi connectivity index (χ0v) is 18.1. The molecule has 0 unspecified atom stereocenters. The van der Waals surface area contributed by atoms with Gasteiger partial charge in [-0.1, -0.05) is 0 Å². The predicted octanol–water partition coefficient (Wildman–Crippen LogP) is 2.67. The molecule has 0 spiro atoms. The third-order valence-corrected chi connectivity index (χ3v) is 5.78. The van der Waals surface area contributed by atoms with Gasteiger partial charge in [-0.25, -0.2) is 9.97 Å². The summed E-state index contributed by atoms with van der Waals surface area (Å²) in [4.78, 5) is 14.1. The van der Waals surface area contributed by atoms with E-state index >= 15 is 0 Å². The summed E-state index contributed by atoms with van der Waals surface area (Å²) in [5, 5.41) is 3.49. The van der Waals surface area contributed by atoms with Crippen molar-refractivity contribution in [1.82, 2.24) is 19.8 Å². The molecule has 2 aliphatic heterocycles. The Morgan fingerprint density at radius 3 is 2.70 bits per heavy atom. The van der Waals surface area contributed by atoms with Gasteiger partial charge in [-0.3, -0.25) is 4.90 Å². The molecule has 30 heavy (non-hydrogen) atoms. The molecule has 1 aromatic carbocycles. The van der Waals surface area contributed by atoms with E-state index in [0.29, 0.717) is 0 Å². The van der Waals surface area contributed by atoms with Gasteiger partial charge in [-0.15, -0.1) is 0 Å². The number of hydrogen-bond donors (Lipinski definition) is 1. The van der Waals surface area contributed by atoms with Crippen LogP contribution in [0.5, 0.6) is 5.75 Å². The highest BCUT2D eigenvalue weighted by molar-refractivity contribution is 5.59. The van der Waals surface area contributed by atoms with Crippen LogP contribution >= 0.6 is 0 Å². The van der Waals surface area contributed by atoms with Crippen molar-refractivity contribution in [2.75, 3.05) is 64.8 Å². The maximum absolute atomic E-state index is 6.09. The Hall–Kier alpha value is -2.22. The molecule has 2 aliphatic rings. The van der Waals surface area contributed by atoms with Crippen LogP contribution in [0.1, 0.15) is 18.4 Å². The average Bonchev–Trinajstić information content (AvgIpc) is 3.18. The Morgan fingerprint density at radius 2 is 1.97 bits per heavy atom. The number of rotatable bonds is 8. The molecule has 0 bridgehead atoms. The summed E-state index contributed by atoms with van der Waals surface area (Å²) in [5.74, 6) is 2.56. The molecular formula is C23H33N5O2. The Morgan fingerprint density at radius 1 is 1.17 bits per heavy atom. The van der Waals surface area contributed by atoms with E-state index in [1.54, 1.807) is 0 Å². The molecule has 1 N–H and O–H groups in total. The summed E-state index contributed by atoms with van der Waals surface area (Å²) in [6, 6.07) is 8.13. The molecule has 0 amide bonds. The Kier molecular flexibility index (Phi) is 7.15. The van der Waals surface area contributed by atoms with E-state index in [0.717, 1.165) is 93.8 Å². The zero-order chi connectivity index (χ0) is 20.8. The highest BCUT2D eigenvalue weighted by Gasteiger charge is 2.20. The largest absolute Gasteiger partial charge is 0.489 e. The van der Waals surface area contributed by atoms with Crippen molar-refractivity contribution in [3.63, 3.8) is 0 Å². The number of hydrogen-bond acceptors (Lipinski definition) is 7. The van der Waals surface area contributed by atoms with E-state index in [-0.39, 0.29) is 6.10 Å². The lowest BCUT2D eigenvalue weighted by molar-refractivity contribution is 0.0378. The van der Waals surface area contributed by atoms with Gasteiger partial charge >= 0.3 is 0 Å². The number of benzene rings is 1. The van der Waals surface area contributed by atoms with Crippen molar-refractivity contribution >= 4 is 5.82 Å². The Balaban J connectivity index is 1.31. The summed E-state index contributed by atoms with van der Waals surface area (Å²) in [5.41, 5.74) is 2.07. The maximum Gasteiger partial charge on any atom is 0.161 e. The number of nitrogens with zero attached hydrogens (tertiary/aromatic N) is 4. The van der Waals surface area contributed by atoms with Gasteiger partial charge in [0.2, 0.25) is 0 Å². The quantitative estimate of drug-likeness (QED) is 0.670. The van der Waals surface area contributed by atoms with E-state index < -0.39 is 0 Å². The number of likely N-dealkylation sites (tertiary alicyclic amines) is 1. The number of aryl methyl sites for hydroxylation is 1. The van der Waals surface area contributed by atoms with Crippen molar-refractivity contribution in [2.45, 2.75) is 25.9 Å². The van der Waals surface area contributed by atoms with Gasteiger partial charge in [0.1, 0.15) is 17.7 Å². The monoisotopic (exact) mass is 411 g/mol. The topological polar surface area (TPSA) is 62.8 Å². The minimum atomic E-state index is 0.282. The molecule has 7 nitrogen and oxygen atoms in total. The summed E-state index contributed by atoms with van der Waals surface area (Å²) < 4.78 is 11.5. The van der Waals surface area contributed by atoms with Crippen molar-refractivity contribution < 1.29 is 9.47 Å². The molecule has 2 fully saturated rings. The first kappa shape index (κ1) is 21.0. The van der Waals surface area contributed by atoms with Gasteiger partial charge in [0.25, 0.3) is 0 Å². The van der Waals surface area contributed by atoms with Crippen LogP contribution in [-0.4, -0.2) is 85.4 Å². The smallest absolute Gasteiger partial charge is 0.161 e. The summed E-state index contributed by atoms with van der Waals surface area (Å²) >= 11 is 0. The van der Waals surface area contributed by atoms with Crippen LogP contribution in [0.25, 0.3) is 11.4 Å². The van der Waals surface area contributed by atoms with Crippen LogP contribution in [0.15, 0.2) is 30.5 Å². The summed E-state index contributed by atoms with van der Waals surface area (Å²) in [6.07, 6.45) is 4.34. The van der Waals surface area contributed by atoms with Gasteiger partial charge in [-0.2, -0.15) is 0 Å². The van der Waals surface area contributed by atoms with Crippen LogP contribution in [0.3, 0.4) is 0 Å². The van der Waals surface area contributed by atoms with Crippen molar-refractivity contribution in [3.8, 4) is 17.1 Å². The number of morpholine rings is 1. The predicted molar refractivity (Wildman–Crippen MR) is 119 cm³/mol. The van der Waals surface area contributed by atoms with Gasteiger partial charge < -0.3 is 19.7 Å². The van der Waals surface area contributed by atoms with Crippen molar-refractivity contribution in [1.29, 1.82) is 0 Å². The molecule has 2 aromatic rings. The fraction of sp³-hybridized carbons (Fsp3) is 0.565. The molecule has 0 aliphatic carbocycles. The minimum Gasteiger partial charge on any atom is -0.489 e. The lowest BCUT2D eigenvalue weighted by atomic mass is 10.2. The van der Waals surface area contributed by atoms with E-state index in [2.05, 4.69) is 27.1 Å². The van der Waals surface area contributed by atoms with E-state index in [4.69, 9.17) is 14.5 Å². The highest BCUT2D eigenvalue weighted by Crippen LogP contribution is 2.23. The molecule has 1 atom stereocenters. The fourth-order valence-corrected chi connectivity index (χ4v) is 3.96. The molecule has 0 saturated carbocycles. The minimum absolute atomic E-state index is 0.282. The number of anilines is 1. The van der Waals surface area contributed by atoms with Gasteiger partial charge in [0, 0.05) is 50.0 Å². The lowest BCUT2D eigenvalue weighted by Gasteiger charge is -2.26. The molecule has 162 valence electrons. The molecule has 0 radical (unpaired) electrons. The van der Waals surface area contributed by atoms with Crippen LogP contribution in [0.4, 0.5) is 5.82 Å². The zero-order valence-electron chi connectivity index (χ0n) is 18.1. The van der Waals surface area contributed by atoms with Gasteiger partial charge in [0.05, 0.1) is 13.2 Å². The van der Waals surface area contributed by atoms with Crippen LogP contribution in [0.2, 0.25) is 0 Å². The summed E-state index contributed by atoms with van der Waals surface area (Å²) in [6.45, 7) is 9.90. The lowest BCUT2D eigenvalue weighted by Crippen LogP contribution is -2.37. The van der Waals surface area contributed by atoms with Crippen molar-refractivity contribution in [3.05, 3.63) is 36.0 Å². The highest BCUT2D eigenvalue weighted by atomic mass is 16.5. The number of ether oxygens (including phenoxy) is 2. The third-order valence-electron chi connectivity index (χ3n) is 5.78. The fourth-order valence-electron chi connectivity index (χ4n) is 3.96. The first-order valence-electron chi connectivity index (χ1n) is 11.0. The second kappa shape index (κ2) is 10.2. The van der Waals surface area contributed by atoms with Crippen LogP contribution in [0, 0.1) is 6.92 Å². The van der Waals surface area contributed by atoms with E-state index in [1.165, 1.54) is 0 Å². The molecule has 4 rings (SSSR count). The van der Waals surface area contributed by atoms with Crippen LogP contribution < -0.4 is 10.1 Å². The molecule has 7 heteroatoms.